The molecule has 0 radical (unpaired) electrons. The lowest BCUT2D eigenvalue weighted by molar-refractivity contribution is -0.203. The maximum absolute atomic E-state index is 13.5. The van der Waals surface area contributed by atoms with Gasteiger partial charge in [-0.3, -0.25) is 19.2 Å². The summed E-state index contributed by atoms with van der Waals surface area (Å²) in [6.07, 6.45) is -4.68. The highest BCUT2D eigenvalue weighted by Gasteiger charge is 2.50. The zero-order valence-electron chi connectivity index (χ0n) is 19.7. The third-order valence-corrected chi connectivity index (χ3v) is 5.70. The van der Waals surface area contributed by atoms with E-state index in [-0.39, 0.29) is 30.5 Å². The number of hydrogen-bond acceptors (Lipinski definition) is 10. The molecular formula is C22H25F3N8O3. The number of pyridine rings is 1. The van der Waals surface area contributed by atoms with Gasteiger partial charge in [0.25, 0.3) is 5.56 Å². The highest BCUT2D eigenvalue weighted by atomic mass is 19.4. The predicted molar refractivity (Wildman–Crippen MR) is 125 cm³/mol. The van der Waals surface area contributed by atoms with Crippen molar-refractivity contribution >= 4 is 23.4 Å². The third kappa shape index (κ3) is 5.07. The summed E-state index contributed by atoms with van der Waals surface area (Å²) in [5.74, 6) is 3.04. The molecule has 2 aliphatic rings. The van der Waals surface area contributed by atoms with Crippen LogP contribution in [0.5, 0.6) is 0 Å². The molecule has 1 unspecified atom stereocenters. The molecule has 0 aromatic carbocycles. The molecule has 1 fully saturated rings. The van der Waals surface area contributed by atoms with Crippen molar-refractivity contribution in [1.29, 1.82) is 0 Å². The molecule has 192 valence electrons. The van der Waals surface area contributed by atoms with E-state index in [0.717, 1.165) is 5.06 Å². The number of nitrogens with zero attached hydrogens (tertiary/aromatic N) is 6. The first-order valence-corrected chi connectivity index (χ1v) is 11.2. The van der Waals surface area contributed by atoms with Crippen LogP contribution in [0.15, 0.2) is 29.2 Å². The van der Waals surface area contributed by atoms with Gasteiger partial charge in [-0.25, -0.2) is 4.79 Å². The molecular weight excluding hydrogens is 481 g/mol. The quantitative estimate of drug-likeness (QED) is 0.542. The van der Waals surface area contributed by atoms with Gasteiger partial charge in [-0.05, 0) is 19.1 Å². The minimum atomic E-state index is -5.25. The number of rotatable bonds is 6. The molecule has 0 aliphatic carbocycles. The monoisotopic (exact) mass is 506 g/mol. The van der Waals surface area contributed by atoms with Crippen LogP contribution in [-0.2, 0) is 23.2 Å². The predicted octanol–water partition coefficient (Wildman–Crippen LogP) is 0.646. The van der Waals surface area contributed by atoms with Crippen molar-refractivity contribution < 1.29 is 22.8 Å². The van der Waals surface area contributed by atoms with Gasteiger partial charge >= 0.3 is 12.1 Å². The molecule has 0 saturated carbocycles. The van der Waals surface area contributed by atoms with Gasteiger partial charge in [-0.1, -0.05) is 12.0 Å². The van der Waals surface area contributed by atoms with Crippen molar-refractivity contribution in [1.82, 2.24) is 24.8 Å². The van der Waals surface area contributed by atoms with Crippen molar-refractivity contribution in [2.24, 2.45) is 7.05 Å². The first-order chi connectivity index (χ1) is 17.2. The summed E-state index contributed by atoms with van der Waals surface area (Å²) in [4.78, 5) is 42.2. The number of carbonyl (C=O) groups excluding carboxylic acids is 1. The molecule has 36 heavy (non-hydrogen) atoms. The molecule has 4 rings (SSSR count). The van der Waals surface area contributed by atoms with Crippen LogP contribution in [0.2, 0.25) is 0 Å². The number of nitrogens with one attached hydrogen (secondary N) is 2. The smallest absolute Gasteiger partial charge is 0.350 e. The van der Waals surface area contributed by atoms with E-state index in [9.17, 15) is 22.8 Å². The second kappa shape index (κ2) is 10.4. The minimum Gasteiger partial charge on any atom is -0.350 e. The summed E-state index contributed by atoms with van der Waals surface area (Å²) in [7, 11) is 1.49. The zero-order valence-corrected chi connectivity index (χ0v) is 19.7. The Morgan fingerprint density at radius 2 is 2.06 bits per heavy atom. The van der Waals surface area contributed by atoms with E-state index in [2.05, 4.69) is 32.4 Å². The van der Waals surface area contributed by atoms with Crippen molar-refractivity contribution in [3.05, 3.63) is 40.4 Å². The SMILES string of the molecule is CC#CCN1c2c(nc(NCc3ccccn3)n(C)c2=O)N(OC(=O)C(F)(F)F)C1N1CCNCC1. The molecule has 1 atom stereocenters. The van der Waals surface area contributed by atoms with E-state index in [4.69, 9.17) is 4.84 Å². The van der Waals surface area contributed by atoms with Crippen molar-refractivity contribution in [3.63, 3.8) is 0 Å². The molecule has 4 heterocycles. The van der Waals surface area contributed by atoms with Crippen LogP contribution in [0.4, 0.5) is 30.6 Å². The van der Waals surface area contributed by atoms with Crippen LogP contribution in [0, 0.1) is 11.8 Å². The molecule has 2 aliphatic heterocycles. The third-order valence-electron chi connectivity index (χ3n) is 5.70. The van der Waals surface area contributed by atoms with Crippen molar-refractivity contribution in [3.8, 4) is 11.8 Å². The van der Waals surface area contributed by atoms with Gasteiger partial charge < -0.3 is 20.4 Å². The number of alkyl halides is 3. The highest BCUT2D eigenvalue weighted by Crippen LogP contribution is 2.38. The summed E-state index contributed by atoms with van der Waals surface area (Å²) in [5.41, 5.74) is 0.111. The Kier molecular flexibility index (Phi) is 7.32. The van der Waals surface area contributed by atoms with Crippen LogP contribution in [0.3, 0.4) is 0 Å². The Morgan fingerprint density at radius 1 is 1.31 bits per heavy atom. The Labute approximate surface area is 204 Å². The molecule has 0 spiro atoms. The average Bonchev–Trinajstić information content (AvgIpc) is 3.17. The number of hydroxylamine groups is 1. The summed E-state index contributed by atoms with van der Waals surface area (Å²) in [6, 6.07) is 5.31. The molecule has 0 bridgehead atoms. The topological polar surface area (TPSA) is 108 Å². The second-order valence-corrected chi connectivity index (χ2v) is 8.04. The van der Waals surface area contributed by atoms with Crippen LogP contribution >= 0.6 is 0 Å². The van der Waals surface area contributed by atoms with E-state index in [1.807, 2.05) is 0 Å². The van der Waals surface area contributed by atoms with E-state index in [0.29, 0.717) is 31.9 Å². The Balaban J connectivity index is 1.79. The normalized spacial score (nSPS) is 17.9. The van der Waals surface area contributed by atoms with Gasteiger partial charge in [0.2, 0.25) is 11.8 Å². The molecule has 0 amide bonds. The van der Waals surface area contributed by atoms with Gasteiger partial charge in [0.1, 0.15) is 0 Å². The molecule has 1 saturated heterocycles. The minimum absolute atomic E-state index is 0.00972. The Morgan fingerprint density at radius 3 is 2.69 bits per heavy atom. The second-order valence-electron chi connectivity index (χ2n) is 8.04. The number of carbonyl (C=O) groups is 1. The maximum atomic E-state index is 13.5. The molecule has 2 aromatic rings. The number of fused-ring (bicyclic) bond motifs is 1. The van der Waals surface area contributed by atoms with Gasteiger partial charge in [0.05, 0.1) is 18.8 Å². The molecule has 11 nitrogen and oxygen atoms in total. The van der Waals surface area contributed by atoms with Gasteiger partial charge in [-0.2, -0.15) is 18.2 Å². The van der Waals surface area contributed by atoms with Crippen LogP contribution in [-0.4, -0.2) is 70.6 Å². The first-order valence-electron chi connectivity index (χ1n) is 11.2. The zero-order chi connectivity index (χ0) is 25.9. The fourth-order valence-electron chi connectivity index (χ4n) is 3.98. The number of aromatic nitrogens is 3. The maximum Gasteiger partial charge on any atom is 0.493 e. The average molecular weight is 506 g/mol. The summed E-state index contributed by atoms with van der Waals surface area (Å²) in [6.45, 7) is 3.80. The fraction of sp³-hybridized carbons (Fsp3) is 0.455. The Bertz CT molecular complexity index is 1220. The van der Waals surface area contributed by atoms with E-state index < -0.39 is 24.0 Å². The van der Waals surface area contributed by atoms with Crippen LogP contribution in [0.1, 0.15) is 12.6 Å². The van der Waals surface area contributed by atoms with E-state index in [1.54, 1.807) is 36.2 Å². The first kappa shape index (κ1) is 25.3. The lowest BCUT2D eigenvalue weighted by Crippen LogP contribution is -2.61. The lowest BCUT2D eigenvalue weighted by Gasteiger charge is -2.40. The van der Waals surface area contributed by atoms with Crippen LogP contribution in [0.25, 0.3) is 0 Å². The molecule has 14 heteroatoms. The molecule has 2 aromatic heterocycles. The van der Waals surface area contributed by atoms with Gasteiger partial charge in [-0.15, -0.1) is 11.0 Å². The molecule has 2 N–H and O–H groups in total. The van der Waals surface area contributed by atoms with E-state index >= 15 is 0 Å². The fourth-order valence-corrected chi connectivity index (χ4v) is 3.98. The van der Waals surface area contributed by atoms with Gasteiger partial charge in [0.15, 0.2) is 12.0 Å². The highest BCUT2D eigenvalue weighted by molar-refractivity contribution is 5.80. The number of anilines is 3. The van der Waals surface area contributed by atoms with Gasteiger partial charge in [0, 0.05) is 39.4 Å². The largest absolute Gasteiger partial charge is 0.493 e. The standard InChI is InChI=1S/C22H25F3N8O3/c1-3-4-11-32-16-17(29-20(30(2)18(16)34)28-14-15-7-5-6-8-27-15)33(36-19(35)22(23,24)25)21(32)31-12-9-26-10-13-31/h5-8,21,26H,9-14H2,1-2H3,(H,28,29). The number of halogens is 3. The lowest BCUT2D eigenvalue weighted by atomic mass is 10.3. The van der Waals surface area contributed by atoms with E-state index in [1.165, 1.54) is 16.5 Å². The van der Waals surface area contributed by atoms with Crippen molar-refractivity contribution in [2.75, 3.05) is 48.0 Å². The summed E-state index contributed by atoms with van der Waals surface area (Å²) < 4.78 is 40.9. The van der Waals surface area contributed by atoms with Crippen LogP contribution < -0.4 is 26.2 Å². The summed E-state index contributed by atoms with van der Waals surface area (Å²) in [5, 5.41) is 6.92. The number of piperazine rings is 1. The Hall–Kier alpha value is -3.83. The summed E-state index contributed by atoms with van der Waals surface area (Å²) >= 11 is 0. The number of hydrogen-bond donors (Lipinski definition) is 2. The van der Waals surface area contributed by atoms with Crippen molar-refractivity contribution in [2.45, 2.75) is 25.9 Å².